The van der Waals surface area contributed by atoms with E-state index in [1.807, 2.05) is 0 Å². The average molecular weight is 596 g/mol. The van der Waals surface area contributed by atoms with Crippen molar-refractivity contribution in [3.63, 3.8) is 0 Å². The van der Waals surface area contributed by atoms with Crippen molar-refractivity contribution in [1.82, 2.24) is 25.0 Å². The Morgan fingerprint density at radius 2 is 1.71 bits per heavy atom. The quantitative estimate of drug-likeness (QED) is 0.196. The van der Waals surface area contributed by atoms with E-state index in [0.29, 0.717) is 5.56 Å². The second-order valence-electron chi connectivity index (χ2n) is 9.42. The van der Waals surface area contributed by atoms with Crippen LogP contribution in [0.25, 0.3) is 22.6 Å². The summed E-state index contributed by atoms with van der Waals surface area (Å²) in [5, 5.41) is 8.75. The average Bonchev–Trinajstić information content (AvgIpc) is 3.40. The van der Waals surface area contributed by atoms with Crippen LogP contribution >= 0.6 is 0 Å². The van der Waals surface area contributed by atoms with Crippen LogP contribution < -0.4 is 21.9 Å². The van der Waals surface area contributed by atoms with Crippen LogP contribution in [-0.4, -0.2) is 31.6 Å². The van der Waals surface area contributed by atoms with E-state index in [2.05, 4.69) is 30.3 Å². The number of nitrogen functional groups attached to an aromatic ring is 1. The lowest BCUT2D eigenvalue weighted by atomic mass is 10.1. The molecule has 42 heavy (non-hydrogen) atoms. The fraction of sp³-hybridized carbons (Fsp3) is 0.269. The zero-order valence-electron chi connectivity index (χ0n) is 22.0. The van der Waals surface area contributed by atoms with E-state index in [-0.39, 0.29) is 46.7 Å². The van der Waals surface area contributed by atoms with Gasteiger partial charge in [0.05, 0.1) is 17.5 Å². The summed E-state index contributed by atoms with van der Waals surface area (Å²) in [6, 6.07) is 8.47. The molecule has 4 N–H and O–H groups in total. The smallest absolute Gasteiger partial charge is 0.399 e. The molecule has 0 unspecified atom stereocenters. The zero-order chi connectivity index (χ0) is 30.8. The first kappa shape index (κ1) is 30.1. The van der Waals surface area contributed by atoms with Crippen molar-refractivity contribution in [3.8, 4) is 22.6 Å². The fourth-order valence-electron chi connectivity index (χ4n) is 3.84. The Morgan fingerprint density at radius 1 is 1.02 bits per heavy atom. The summed E-state index contributed by atoms with van der Waals surface area (Å²) in [5.74, 6) is -2.52. The van der Waals surface area contributed by atoms with Gasteiger partial charge in [-0.05, 0) is 37.6 Å². The van der Waals surface area contributed by atoms with Crippen LogP contribution in [0.5, 0.6) is 0 Å². The third-order valence-corrected chi connectivity index (χ3v) is 5.73. The number of carbonyl (C=O) groups excluding carboxylic acids is 1. The summed E-state index contributed by atoms with van der Waals surface area (Å²) >= 11 is 0. The minimum atomic E-state index is -4.79. The summed E-state index contributed by atoms with van der Waals surface area (Å²) in [4.78, 5) is 33.5. The summed E-state index contributed by atoms with van der Waals surface area (Å²) in [5.41, 5.74) is 4.36. The number of aromatic nitrogens is 4. The van der Waals surface area contributed by atoms with Crippen molar-refractivity contribution in [1.29, 1.82) is 0 Å². The lowest BCUT2D eigenvalue weighted by molar-refractivity contribution is -0.159. The summed E-state index contributed by atoms with van der Waals surface area (Å²) in [6.07, 6.45) is -8.32. The molecule has 0 atom stereocenters. The van der Waals surface area contributed by atoms with Crippen molar-refractivity contribution in [3.05, 3.63) is 76.0 Å². The molecular formula is C26H23F6N7O3. The van der Waals surface area contributed by atoms with Gasteiger partial charge in [-0.2, -0.15) is 31.3 Å². The van der Waals surface area contributed by atoms with Gasteiger partial charge >= 0.3 is 18.2 Å². The van der Waals surface area contributed by atoms with Gasteiger partial charge in [0.15, 0.2) is 5.82 Å². The molecule has 0 spiro atoms. The molecule has 0 saturated carbocycles. The van der Waals surface area contributed by atoms with Crippen LogP contribution in [0.4, 0.5) is 37.8 Å². The topological polar surface area (TPSA) is 141 Å². The maximum absolute atomic E-state index is 13.4. The van der Waals surface area contributed by atoms with Gasteiger partial charge in [0.2, 0.25) is 11.7 Å². The highest BCUT2D eigenvalue weighted by atomic mass is 19.4. The van der Waals surface area contributed by atoms with Gasteiger partial charge < -0.3 is 20.9 Å². The highest BCUT2D eigenvalue weighted by Gasteiger charge is 2.38. The second kappa shape index (κ2) is 11.5. The Balaban J connectivity index is 1.55. The molecular weight excluding hydrogens is 572 g/mol. The Morgan fingerprint density at radius 3 is 2.31 bits per heavy atom. The Bertz CT molecular complexity index is 1640. The molecule has 2 aromatic heterocycles. The lowest BCUT2D eigenvalue weighted by Crippen LogP contribution is -2.35. The summed E-state index contributed by atoms with van der Waals surface area (Å²) in [6.45, 7) is 2.89. The second-order valence-corrected chi connectivity index (χ2v) is 9.42. The molecule has 1 amide bonds. The number of amides is 1. The van der Waals surface area contributed by atoms with Gasteiger partial charge in [0.25, 0.3) is 5.56 Å². The summed E-state index contributed by atoms with van der Waals surface area (Å²) < 4.78 is 83.6. The predicted molar refractivity (Wildman–Crippen MR) is 139 cm³/mol. The molecule has 2 heterocycles. The lowest BCUT2D eigenvalue weighted by Gasteiger charge is -2.17. The zero-order valence-corrected chi connectivity index (χ0v) is 22.0. The largest absolute Gasteiger partial charge is 0.471 e. The van der Waals surface area contributed by atoms with Gasteiger partial charge in [-0.1, -0.05) is 29.4 Å². The van der Waals surface area contributed by atoms with Crippen molar-refractivity contribution in [2.75, 3.05) is 11.1 Å². The van der Waals surface area contributed by atoms with Crippen LogP contribution in [-0.2, 0) is 30.2 Å². The van der Waals surface area contributed by atoms with Crippen molar-refractivity contribution in [2.45, 2.75) is 45.3 Å². The van der Waals surface area contributed by atoms with Crippen molar-refractivity contribution >= 4 is 17.4 Å². The van der Waals surface area contributed by atoms with E-state index in [9.17, 15) is 35.9 Å². The van der Waals surface area contributed by atoms with E-state index >= 15 is 0 Å². The highest BCUT2D eigenvalue weighted by Crippen LogP contribution is 2.34. The first-order chi connectivity index (χ1) is 19.6. The van der Waals surface area contributed by atoms with Crippen LogP contribution in [0.1, 0.15) is 30.9 Å². The molecule has 16 heteroatoms. The van der Waals surface area contributed by atoms with E-state index in [1.165, 1.54) is 36.5 Å². The van der Waals surface area contributed by atoms with Gasteiger partial charge in [0.1, 0.15) is 6.54 Å². The molecule has 10 nitrogen and oxygen atoms in total. The van der Waals surface area contributed by atoms with Crippen molar-refractivity contribution in [2.24, 2.45) is 0 Å². The third kappa shape index (κ3) is 7.05. The number of alkyl halides is 6. The number of rotatable bonds is 8. The minimum absolute atomic E-state index is 0.0397. The molecule has 4 rings (SSSR count). The number of benzene rings is 2. The number of carbonyl (C=O) groups is 1. The first-order valence-corrected chi connectivity index (χ1v) is 12.2. The maximum atomic E-state index is 13.4. The van der Waals surface area contributed by atoms with Gasteiger partial charge in [-0.25, -0.2) is 4.98 Å². The Kier molecular flexibility index (Phi) is 8.26. The van der Waals surface area contributed by atoms with Gasteiger partial charge in [0, 0.05) is 29.4 Å². The molecule has 0 radical (unpaired) electrons. The van der Waals surface area contributed by atoms with Gasteiger partial charge in [-0.3, -0.25) is 14.2 Å². The van der Waals surface area contributed by atoms with E-state index in [0.717, 1.165) is 16.7 Å². The molecule has 0 bridgehead atoms. The first-order valence-electron chi connectivity index (χ1n) is 12.2. The molecule has 2 aromatic carbocycles. The van der Waals surface area contributed by atoms with E-state index < -0.39 is 41.8 Å². The number of halogens is 6. The van der Waals surface area contributed by atoms with Crippen LogP contribution in [0.3, 0.4) is 0 Å². The number of nitrogens with one attached hydrogen (secondary N) is 2. The predicted octanol–water partition coefficient (Wildman–Crippen LogP) is 4.72. The maximum Gasteiger partial charge on any atom is 0.471 e. The number of anilines is 2. The van der Waals surface area contributed by atoms with Crippen LogP contribution in [0.15, 0.2) is 58.0 Å². The Labute approximate surface area is 233 Å². The van der Waals surface area contributed by atoms with E-state index in [1.54, 1.807) is 13.8 Å². The normalized spacial score (nSPS) is 12.0. The fourth-order valence-corrected chi connectivity index (χ4v) is 3.84. The standard InChI is InChI=1S/C26H23F6N7O3/c1-13(2)36-22-23(41)39(19(11-35-22)16-7-17(25(27,28)29)9-18(33)8-16)12-20(40)34-10-14-3-5-15(6-4-14)21-37-24(42-38-21)26(30,31)32/h3-9,11,13H,10,12,33H2,1-2H3,(H,34,40)(H,35,36). The SMILES string of the molecule is CC(C)Nc1ncc(-c2cc(N)cc(C(F)(F)F)c2)n(CC(=O)NCc2ccc(-c3noc(C(F)(F)F)n3)cc2)c1=O. The highest BCUT2D eigenvalue weighted by molar-refractivity contribution is 5.77. The van der Waals surface area contributed by atoms with E-state index in [4.69, 9.17) is 5.73 Å². The number of nitrogens with two attached hydrogens (primary N) is 1. The molecule has 0 aliphatic carbocycles. The summed E-state index contributed by atoms with van der Waals surface area (Å²) in [7, 11) is 0. The monoisotopic (exact) mass is 595 g/mol. The third-order valence-electron chi connectivity index (χ3n) is 5.73. The molecule has 4 aromatic rings. The van der Waals surface area contributed by atoms with Gasteiger partial charge in [-0.15, -0.1) is 0 Å². The molecule has 0 fully saturated rings. The number of nitrogens with zero attached hydrogens (tertiary/aromatic N) is 4. The Hall–Kier alpha value is -4.89. The van der Waals surface area contributed by atoms with Crippen molar-refractivity contribution < 1.29 is 35.7 Å². The molecule has 0 aliphatic heterocycles. The molecule has 222 valence electrons. The number of hydrogen-bond acceptors (Lipinski definition) is 8. The van der Waals surface area contributed by atoms with Crippen LogP contribution in [0.2, 0.25) is 0 Å². The minimum Gasteiger partial charge on any atom is -0.399 e. The molecule has 0 saturated heterocycles. The number of hydrogen-bond donors (Lipinski definition) is 3. The molecule has 0 aliphatic rings. The van der Waals surface area contributed by atoms with Crippen LogP contribution in [0, 0.1) is 0 Å².